The Labute approximate surface area is 99.1 Å². The predicted octanol–water partition coefficient (Wildman–Crippen LogP) is 1.20. The molecule has 0 atom stereocenters. The van der Waals surface area contributed by atoms with E-state index in [0.717, 1.165) is 6.08 Å². The van der Waals surface area contributed by atoms with Gasteiger partial charge in [0.1, 0.15) is 5.76 Å². The number of aromatic nitrogens is 1. The Balaban J connectivity index is 2.88. The lowest BCUT2D eigenvalue weighted by atomic mass is 10.2. The first kappa shape index (κ1) is 12.9. The second-order valence-electron chi connectivity index (χ2n) is 3.04. The van der Waals surface area contributed by atoms with Crippen molar-refractivity contribution in [1.82, 2.24) is 4.98 Å². The van der Waals surface area contributed by atoms with E-state index in [9.17, 15) is 9.59 Å². The van der Waals surface area contributed by atoms with Gasteiger partial charge in [0.25, 0.3) is 5.78 Å². The molecular weight excluding hydrogens is 222 g/mol. The Kier molecular flexibility index (Phi) is 4.87. The molecule has 1 aromatic rings. The van der Waals surface area contributed by atoms with Gasteiger partial charge in [0.05, 0.1) is 13.7 Å². The smallest absolute Gasteiger partial charge is 0.379 e. The molecule has 0 amide bonds. The average Bonchev–Trinajstić information content (AvgIpc) is 2.37. The third kappa shape index (κ3) is 3.71. The van der Waals surface area contributed by atoms with E-state index in [1.807, 2.05) is 0 Å². The Hall–Kier alpha value is -2.17. The molecule has 0 spiro atoms. The van der Waals surface area contributed by atoms with E-state index in [4.69, 9.17) is 4.74 Å². The maximum absolute atomic E-state index is 11.4. The average molecular weight is 235 g/mol. The number of carbonyl (C=O) groups excluding carboxylic acids is 2. The molecule has 0 aliphatic heterocycles. The summed E-state index contributed by atoms with van der Waals surface area (Å²) in [5.41, 5.74) is 0.618. The first-order chi connectivity index (χ1) is 8.19. The number of hydrogen-bond acceptors (Lipinski definition) is 5. The first-order valence-electron chi connectivity index (χ1n) is 5.06. The number of esters is 1. The second kappa shape index (κ2) is 6.42. The van der Waals surface area contributed by atoms with Gasteiger partial charge < -0.3 is 9.47 Å². The van der Waals surface area contributed by atoms with E-state index in [1.54, 1.807) is 25.3 Å². The zero-order valence-corrected chi connectivity index (χ0v) is 9.67. The second-order valence-corrected chi connectivity index (χ2v) is 3.04. The summed E-state index contributed by atoms with van der Waals surface area (Å²) in [6.07, 6.45) is 4.23. The van der Waals surface area contributed by atoms with E-state index in [1.165, 1.54) is 13.3 Å². The zero-order valence-electron chi connectivity index (χ0n) is 9.67. The molecular formula is C12H13NO4. The van der Waals surface area contributed by atoms with Crippen LogP contribution in [0, 0.1) is 0 Å². The van der Waals surface area contributed by atoms with E-state index in [-0.39, 0.29) is 12.4 Å². The van der Waals surface area contributed by atoms with E-state index >= 15 is 0 Å². The van der Waals surface area contributed by atoms with Crippen molar-refractivity contribution in [1.29, 1.82) is 0 Å². The van der Waals surface area contributed by atoms with Crippen molar-refractivity contribution in [3.8, 4) is 0 Å². The number of ketones is 1. The first-order valence-corrected chi connectivity index (χ1v) is 5.06. The molecule has 5 heteroatoms. The predicted molar refractivity (Wildman–Crippen MR) is 60.9 cm³/mol. The summed E-state index contributed by atoms with van der Waals surface area (Å²) in [7, 11) is 1.41. The molecule has 5 nitrogen and oxygen atoms in total. The molecule has 0 bridgehead atoms. The number of ether oxygens (including phenoxy) is 2. The van der Waals surface area contributed by atoms with Crippen LogP contribution in [-0.4, -0.2) is 30.5 Å². The minimum Gasteiger partial charge on any atom is -0.496 e. The standard InChI is InChI=1S/C12H13NO4/c1-3-17-12(15)10(14)7-11(16-2)9-5-4-6-13-8-9/h4-8H,3H2,1-2H3/b11-7-. The van der Waals surface area contributed by atoms with Crippen LogP contribution in [0.25, 0.3) is 5.76 Å². The van der Waals surface area contributed by atoms with Crippen molar-refractivity contribution < 1.29 is 19.1 Å². The minimum absolute atomic E-state index is 0.160. The van der Waals surface area contributed by atoms with Crippen molar-refractivity contribution in [2.45, 2.75) is 6.92 Å². The largest absolute Gasteiger partial charge is 0.496 e. The van der Waals surface area contributed by atoms with Crippen molar-refractivity contribution in [2.75, 3.05) is 13.7 Å². The van der Waals surface area contributed by atoms with Gasteiger partial charge in [-0.3, -0.25) is 9.78 Å². The Morgan fingerprint density at radius 3 is 2.76 bits per heavy atom. The summed E-state index contributed by atoms with van der Waals surface area (Å²) in [5, 5.41) is 0. The Morgan fingerprint density at radius 2 is 2.24 bits per heavy atom. The number of nitrogens with zero attached hydrogens (tertiary/aromatic N) is 1. The fourth-order valence-electron chi connectivity index (χ4n) is 1.15. The van der Waals surface area contributed by atoms with Gasteiger partial charge in [-0.05, 0) is 19.1 Å². The zero-order chi connectivity index (χ0) is 12.7. The lowest BCUT2D eigenvalue weighted by Gasteiger charge is -2.05. The van der Waals surface area contributed by atoms with Gasteiger partial charge in [-0.2, -0.15) is 0 Å². The minimum atomic E-state index is -0.897. The van der Waals surface area contributed by atoms with Crippen LogP contribution in [0.2, 0.25) is 0 Å². The highest BCUT2D eigenvalue weighted by molar-refractivity contribution is 6.39. The molecule has 0 aromatic carbocycles. The normalized spacial score (nSPS) is 10.8. The summed E-state index contributed by atoms with van der Waals surface area (Å²) in [6, 6.07) is 3.43. The van der Waals surface area contributed by atoms with Gasteiger partial charge in [0.15, 0.2) is 0 Å². The highest BCUT2D eigenvalue weighted by atomic mass is 16.5. The molecule has 0 radical (unpaired) electrons. The number of pyridine rings is 1. The van der Waals surface area contributed by atoms with Crippen LogP contribution in [0.1, 0.15) is 12.5 Å². The molecule has 0 aliphatic rings. The molecule has 0 saturated heterocycles. The third-order valence-corrected chi connectivity index (χ3v) is 1.90. The number of methoxy groups -OCH3 is 1. The van der Waals surface area contributed by atoms with Gasteiger partial charge in [-0.1, -0.05) is 0 Å². The van der Waals surface area contributed by atoms with E-state index in [0.29, 0.717) is 5.56 Å². The van der Waals surface area contributed by atoms with Crippen LogP contribution in [-0.2, 0) is 19.1 Å². The molecule has 0 fully saturated rings. The number of carbonyl (C=O) groups is 2. The highest BCUT2D eigenvalue weighted by Gasteiger charge is 2.14. The molecule has 1 heterocycles. The van der Waals surface area contributed by atoms with Gasteiger partial charge in [0.2, 0.25) is 0 Å². The van der Waals surface area contributed by atoms with Crippen LogP contribution in [0.5, 0.6) is 0 Å². The molecule has 0 N–H and O–H groups in total. The summed E-state index contributed by atoms with van der Waals surface area (Å²) in [6.45, 7) is 1.79. The molecule has 90 valence electrons. The third-order valence-electron chi connectivity index (χ3n) is 1.90. The molecule has 1 rings (SSSR count). The summed E-state index contributed by atoms with van der Waals surface area (Å²) in [5.74, 6) is -1.38. The van der Waals surface area contributed by atoms with Crippen molar-refractivity contribution in [3.05, 3.63) is 36.2 Å². The number of hydrogen-bond donors (Lipinski definition) is 0. The number of rotatable bonds is 5. The Morgan fingerprint density at radius 1 is 1.47 bits per heavy atom. The lowest BCUT2D eigenvalue weighted by molar-refractivity contribution is -0.151. The SMILES string of the molecule is CCOC(=O)C(=O)/C=C(\OC)c1cccnc1. The molecule has 17 heavy (non-hydrogen) atoms. The van der Waals surface area contributed by atoms with Crippen LogP contribution < -0.4 is 0 Å². The van der Waals surface area contributed by atoms with Crippen LogP contribution in [0.3, 0.4) is 0 Å². The fourth-order valence-corrected chi connectivity index (χ4v) is 1.15. The van der Waals surface area contributed by atoms with E-state index in [2.05, 4.69) is 9.72 Å². The molecule has 0 aliphatic carbocycles. The Bertz CT molecular complexity index is 425. The summed E-state index contributed by atoms with van der Waals surface area (Å²) in [4.78, 5) is 26.5. The molecule has 1 aromatic heterocycles. The molecule has 0 unspecified atom stereocenters. The van der Waals surface area contributed by atoms with Crippen molar-refractivity contribution >= 4 is 17.5 Å². The highest BCUT2D eigenvalue weighted by Crippen LogP contribution is 2.13. The fraction of sp³-hybridized carbons (Fsp3) is 0.250. The monoisotopic (exact) mass is 235 g/mol. The maximum Gasteiger partial charge on any atom is 0.379 e. The molecule has 0 saturated carbocycles. The van der Waals surface area contributed by atoms with Crippen LogP contribution >= 0.6 is 0 Å². The van der Waals surface area contributed by atoms with E-state index < -0.39 is 11.8 Å². The van der Waals surface area contributed by atoms with Crippen molar-refractivity contribution in [2.24, 2.45) is 0 Å². The summed E-state index contributed by atoms with van der Waals surface area (Å²) >= 11 is 0. The topological polar surface area (TPSA) is 65.5 Å². The maximum atomic E-state index is 11.4. The lowest BCUT2D eigenvalue weighted by Crippen LogP contribution is -2.15. The van der Waals surface area contributed by atoms with Gasteiger partial charge in [-0.25, -0.2) is 4.79 Å². The quantitative estimate of drug-likeness (QED) is 0.332. The van der Waals surface area contributed by atoms with Crippen LogP contribution in [0.4, 0.5) is 0 Å². The van der Waals surface area contributed by atoms with Gasteiger partial charge in [0, 0.05) is 24.0 Å². The summed E-state index contributed by atoms with van der Waals surface area (Å²) < 4.78 is 9.61. The van der Waals surface area contributed by atoms with Crippen LogP contribution in [0.15, 0.2) is 30.6 Å². The van der Waals surface area contributed by atoms with Gasteiger partial charge >= 0.3 is 5.97 Å². The van der Waals surface area contributed by atoms with Crippen molar-refractivity contribution in [3.63, 3.8) is 0 Å². The van der Waals surface area contributed by atoms with Gasteiger partial charge in [-0.15, -0.1) is 0 Å².